The number of aromatic nitrogens is 1. The summed E-state index contributed by atoms with van der Waals surface area (Å²) in [4.78, 5) is 14.9. The third kappa shape index (κ3) is 4.11. The van der Waals surface area contributed by atoms with E-state index in [9.17, 15) is 10.1 Å². The van der Waals surface area contributed by atoms with Gasteiger partial charge >= 0.3 is 0 Å². The van der Waals surface area contributed by atoms with E-state index in [1.807, 2.05) is 13.0 Å². The molecule has 0 amide bonds. The lowest BCUT2D eigenvalue weighted by Crippen LogP contribution is -2.19. The normalized spacial score (nSPS) is 10.9. The summed E-state index contributed by atoms with van der Waals surface area (Å²) in [5.74, 6) is 0.618. The van der Waals surface area contributed by atoms with E-state index in [-0.39, 0.29) is 5.69 Å². The number of hydrogen-bond acceptors (Lipinski definition) is 4. The standard InChI is InChI=1S/C17H21N3O2/c1-12(2)10-18-11-15-6-9-17(19-13(15)3)14-4-7-16(8-5-14)20(21)22/h4-9,12,18H,10-11H2,1-3H3. The first-order valence-electron chi connectivity index (χ1n) is 7.39. The Bertz CT molecular complexity index is 651. The Kier molecular flexibility index (Phi) is 5.22. The van der Waals surface area contributed by atoms with Gasteiger partial charge in [-0.05, 0) is 43.1 Å². The fourth-order valence-electron chi connectivity index (χ4n) is 2.19. The van der Waals surface area contributed by atoms with Crippen molar-refractivity contribution in [2.24, 2.45) is 5.92 Å². The predicted octanol–water partition coefficient (Wildman–Crippen LogP) is 3.71. The second-order valence-electron chi connectivity index (χ2n) is 5.77. The van der Waals surface area contributed by atoms with Gasteiger partial charge in [-0.3, -0.25) is 15.1 Å². The van der Waals surface area contributed by atoms with Crippen molar-refractivity contribution in [1.82, 2.24) is 10.3 Å². The lowest BCUT2D eigenvalue weighted by atomic mass is 10.1. The zero-order valence-corrected chi connectivity index (χ0v) is 13.2. The van der Waals surface area contributed by atoms with Crippen molar-refractivity contribution in [3.05, 3.63) is 57.8 Å². The number of rotatable bonds is 6. The minimum atomic E-state index is -0.397. The molecule has 0 bridgehead atoms. The molecule has 2 aromatic rings. The van der Waals surface area contributed by atoms with Gasteiger partial charge in [-0.25, -0.2) is 0 Å². The molecule has 2 rings (SSSR count). The van der Waals surface area contributed by atoms with Crippen LogP contribution >= 0.6 is 0 Å². The summed E-state index contributed by atoms with van der Waals surface area (Å²) in [5, 5.41) is 14.1. The highest BCUT2D eigenvalue weighted by Gasteiger charge is 2.07. The molecule has 0 fully saturated rings. The SMILES string of the molecule is Cc1nc(-c2ccc([N+](=O)[O-])cc2)ccc1CNCC(C)C. The first kappa shape index (κ1) is 16.1. The van der Waals surface area contributed by atoms with Crippen LogP contribution in [0.4, 0.5) is 5.69 Å². The van der Waals surface area contributed by atoms with Gasteiger partial charge < -0.3 is 5.32 Å². The number of pyridine rings is 1. The molecule has 0 radical (unpaired) electrons. The molecule has 0 unspecified atom stereocenters. The second-order valence-corrected chi connectivity index (χ2v) is 5.77. The van der Waals surface area contributed by atoms with E-state index < -0.39 is 4.92 Å². The smallest absolute Gasteiger partial charge is 0.269 e. The molecule has 22 heavy (non-hydrogen) atoms. The molecule has 0 saturated carbocycles. The van der Waals surface area contributed by atoms with Crippen LogP contribution in [0, 0.1) is 23.0 Å². The van der Waals surface area contributed by atoms with Crippen molar-refractivity contribution in [2.75, 3.05) is 6.54 Å². The van der Waals surface area contributed by atoms with Gasteiger partial charge in [0.1, 0.15) is 0 Å². The van der Waals surface area contributed by atoms with Crippen LogP contribution in [0.1, 0.15) is 25.1 Å². The largest absolute Gasteiger partial charge is 0.312 e. The van der Waals surface area contributed by atoms with Crippen molar-refractivity contribution in [2.45, 2.75) is 27.3 Å². The second kappa shape index (κ2) is 7.13. The van der Waals surface area contributed by atoms with Gasteiger partial charge in [0, 0.05) is 29.9 Å². The topological polar surface area (TPSA) is 68.1 Å². The van der Waals surface area contributed by atoms with Crippen LogP contribution in [0.3, 0.4) is 0 Å². The summed E-state index contributed by atoms with van der Waals surface area (Å²) in [7, 11) is 0. The van der Waals surface area contributed by atoms with Crippen LogP contribution in [0.15, 0.2) is 36.4 Å². The van der Waals surface area contributed by atoms with Crippen LogP contribution < -0.4 is 5.32 Å². The van der Waals surface area contributed by atoms with Crippen LogP contribution in [-0.4, -0.2) is 16.5 Å². The third-order valence-corrected chi connectivity index (χ3v) is 3.44. The summed E-state index contributed by atoms with van der Waals surface area (Å²) < 4.78 is 0. The number of nitro benzene ring substituents is 1. The average Bonchev–Trinajstić information content (AvgIpc) is 2.48. The Morgan fingerprint density at radius 1 is 1.18 bits per heavy atom. The summed E-state index contributed by atoms with van der Waals surface area (Å²) in [6, 6.07) is 10.5. The number of non-ortho nitro benzene ring substituents is 1. The maximum absolute atomic E-state index is 10.7. The predicted molar refractivity (Wildman–Crippen MR) is 87.6 cm³/mol. The van der Waals surface area contributed by atoms with Gasteiger partial charge in [-0.15, -0.1) is 0 Å². The van der Waals surface area contributed by atoms with E-state index in [2.05, 4.69) is 30.2 Å². The summed E-state index contributed by atoms with van der Waals surface area (Å²) in [5.41, 5.74) is 3.96. The molecule has 0 saturated heterocycles. The first-order valence-corrected chi connectivity index (χ1v) is 7.39. The molecule has 116 valence electrons. The quantitative estimate of drug-likeness (QED) is 0.652. The average molecular weight is 299 g/mol. The Morgan fingerprint density at radius 2 is 1.86 bits per heavy atom. The molecule has 0 spiro atoms. The van der Waals surface area contributed by atoms with E-state index in [0.717, 1.165) is 30.0 Å². The Labute approximate surface area is 130 Å². The Hall–Kier alpha value is -2.27. The summed E-state index contributed by atoms with van der Waals surface area (Å²) >= 11 is 0. The Balaban J connectivity index is 2.13. The van der Waals surface area contributed by atoms with E-state index in [1.54, 1.807) is 12.1 Å². The monoisotopic (exact) mass is 299 g/mol. The molecule has 1 aromatic heterocycles. The van der Waals surface area contributed by atoms with Crippen LogP contribution in [0.25, 0.3) is 11.3 Å². The van der Waals surface area contributed by atoms with E-state index in [4.69, 9.17) is 0 Å². The number of nitro groups is 1. The lowest BCUT2D eigenvalue weighted by molar-refractivity contribution is -0.384. The van der Waals surface area contributed by atoms with Gasteiger partial charge in [-0.2, -0.15) is 0 Å². The van der Waals surface area contributed by atoms with Crippen LogP contribution in [0.2, 0.25) is 0 Å². The highest BCUT2D eigenvalue weighted by Crippen LogP contribution is 2.22. The minimum Gasteiger partial charge on any atom is -0.312 e. The van der Waals surface area contributed by atoms with Gasteiger partial charge in [0.05, 0.1) is 10.6 Å². The van der Waals surface area contributed by atoms with Crippen LogP contribution in [-0.2, 0) is 6.54 Å². The Morgan fingerprint density at radius 3 is 2.41 bits per heavy atom. The number of nitrogens with zero attached hydrogens (tertiary/aromatic N) is 2. The molecule has 0 aliphatic carbocycles. The van der Waals surface area contributed by atoms with Crippen LogP contribution in [0.5, 0.6) is 0 Å². The number of aryl methyl sites for hydroxylation is 1. The molecular weight excluding hydrogens is 278 g/mol. The maximum Gasteiger partial charge on any atom is 0.269 e. The fourth-order valence-corrected chi connectivity index (χ4v) is 2.19. The molecule has 5 heteroatoms. The van der Waals surface area contributed by atoms with Gasteiger partial charge in [0.25, 0.3) is 5.69 Å². The fraction of sp³-hybridized carbons (Fsp3) is 0.353. The highest BCUT2D eigenvalue weighted by molar-refractivity contribution is 5.61. The van der Waals surface area contributed by atoms with E-state index in [0.29, 0.717) is 5.92 Å². The molecule has 1 heterocycles. The highest BCUT2D eigenvalue weighted by atomic mass is 16.6. The van der Waals surface area contributed by atoms with Gasteiger partial charge in [0.2, 0.25) is 0 Å². The summed E-state index contributed by atoms with van der Waals surface area (Å²) in [6.45, 7) is 8.12. The van der Waals surface area contributed by atoms with Crippen molar-refractivity contribution in [1.29, 1.82) is 0 Å². The van der Waals surface area contributed by atoms with E-state index in [1.165, 1.54) is 17.7 Å². The lowest BCUT2D eigenvalue weighted by Gasteiger charge is -2.10. The molecule has 5 nitrogen and oxygen atoms in total. The molecule has 0 aliphatic rings. The molecule has 1 aromatic carbocycles. The zero-order valence-electron chi connectivity index (χ0n) is 13.2. The van der Waals surface area contributed by atoms with Crippen molar-refractivity contribution in [3.63, 3.8) is 0 Å². The molecule has 0 atom stereocenters. The molecule has 0 aliphatic heterocycles. The van der Waals surface area contributed by atoms with Gasteiger partial charge in [-0.1, -0.05) is 19.9 Å². The third-order valence-electron chi connectivity index (χ3n) is 3.44. The number of nitrogens with one attached hydrogen (secondary N) is 1. The molecular formula is C17H21N3O2. The molecule has 1 N–H and O–H groups in total. The number of benzene rings is 1. The summed E-state index contributed by atoms with van der Waals surface area (Å²) in [6.07, 6.45) is 0. The van der Waals surface area contributed by atoms with Crippen molar-refractivity contribution in [3.8, 4) is 11.3 Å². The van der Waals surface area contributed by atoms with Gasteiger partial charge in [0.15, 0.2) is 0 Å². The maximum atomic E-state index is 10.7. The first-order chi connectivity index (χ1) is 10.5. The minimum absolute atomic E-state index is 0.0926. The number of hydrogen-bond donors (Lipinski definition) is 1. The van der Waals surface area contributed by atoms with E-state index >= 15 is 0 Å². The van der Waals surface area contributed by atoms with Crippen molar-refractivity contribution >= 4 is 5.69 Å². The van der Waals surface area contributed by atoms with Crippen molar-refractivity contribution < 1.29 is 4.92 Å². The zero-order chi connectivity index (χ0) is 16.1.